The first-order valence-electron chi connectivity index (χ1n) is 4.64. The van der Waals surface area contributed by atoms with Gasteiger partial charge in [-0.05, 0) is 18.1 Å². The Labute approximate surface area is 96.3 Å². The lowest BCUT2D eigenvalue weighted by molar-refractivity contribution is 0.598. The van der Waals surface area contributed by atoms with Crippen molar-refractivity contribution in [3.05, 3.63) is 28.0 Å². The van der Waals surface area contributed by atoms with Crippen molar-refractivity contribution in [3.63, 3.8) is 0 Å². The second-order valence-electron chi connectivity index (χ2n) is 3.45. The minimum atomic E-state index is -3.35. The van der Waals surface area contributed by atoms with Gasteiger partial charge in [0.1, 0.15) is 4.83 Å². The summed E-state index contributed by atoms with van der Waals surface area (Å²) in [5, 5.41) is 3.79. The SMILES string of the molecule is CCc1cc(=O)n2nc(S(C)(=O)=O)sc2c1. The van der Waals surface area contributed by atoms with Crippen LogP contribution in [0.2, 0.25) is 0 Å². The zero-order valence-electron chi connectivity index (χ0n) is 8.80. The second kappa shape index (κ2) is 3.67. The van der Waals surface area contributed by atoms with Gasteiger partial charge in [-0.25, -0.2) is 8.42 Å². The van der Waals surface area contributed by atoms with E-state index in [1.165, 1.54) is 6.07 Å². The molecule has 0 aliphatic carbocycles. The summed E-state index contributed by atoms with van der Waals surface area (Å²) < 4.78 is 23.7. The molecule has 2 heterocycles. The van der Waals surface area contributed by atoms with Gasteiger partial charge in [0.15, 0.2) is 0 Å². The molecule has 0 saturated heterocycles. The van der Waals surface area contributed by atoms with Crippen molar-refractivity contribution >= 4 is 26.0 Å². The smallest absolute Gasteiger partial charge is 0.267 e. The molecule has 0 radical (unpaired) electrons. The van der Waals surface area contributed by atoms with Crippen molar-refractivity contribution in [2.45, 2.75) is 17.7 Å². The number of hydrogen-bond donors (Lipinski definition) is 0. The van der Waals surface area contributed by atoms with Crippen LogP contribution < -0.4 is 5.56 Å². The number of hydrogen-bond acceptors (Lipinski definition) is 5. The van der Waals surface area contributed by atoms with E-state index < -0.39 is 9.84 Å². The van der Waals surface area contributed by atoms with Crippen LogP contribution in [0.1, 0.15) is 12.5 Å². The highest BCUT2D eigenvalue weighted by Gasteiger charge is 2.15. The van der Waals surface area contributed by atoms with Gasteiger partial charge in [0.2, 0.25) is 14.2 Å². The van der Waals surface area contributed by atoms with Crippen LogP contribution >= 0.6 is 11.3 Å². The molecule has 0 fully saturated rings. The van der Waals surface area contributed by atoms with E-state index in [1.807, 2.05) is 6.92 Å². The summed E-state index contributed by atoms with van der Waals surface area (Å²) in [5.74, 6) is 0. The number of rotatable bonds is 2. The van der Waals surface area contributed by atoms with Gasteiger partial charge in [0, 0.05) is 12.3 Å². The third-order valence-corrected chi connectivity index (χ3v) is 4.76. The van der Waals surface area contributed by atoms with Gasteiger partial charge < -0.3 is 0 Å². The van der Waals surface area contributed by atoms with Crippen LogP contribution in [0.3, 0.4) is 0 Å². The third-order valence-electron chi connectivity index (χ3n) is 2.13. The summed E-state index contributed by atoms with van der Waals surface area (Å²) in [6.07, 6.45) is 1.81. The molecule has 0 aromatic carbocycles. The van der Waals surface area contributed by atoms with E-state index in [0.717, 1.165) is 34.1 Å². The first kappa shape index (κ1) is 11.3. The van der Waals surface area contributed by atoms with Crippen LogP contribution in [0.25, 0.3) is 4.83 Å². The molecule has 0 atom stereocenters. The molecule has 2 aromatic rings. The Kier molecular flexibility index (Phi) is 2.59. The molecule has 5 nitrogen and oxygen atoms in total. The monoisotopic (exact) mass is 258 g/mol. The molecular weight excluding hydrogens is 248 g/mol. The molecule has 0 aliphatic heterocycles. The minimum Gasteiger partial charge on any atom is -0.267 e. The van der Waals surface area contributed by atoms with Crippen LogP contribution in [-0.2, 0) is 16.3 Å². The average Bonchev–Trinajstić information content (AvgIpc) is 2.61. The molecule has 0 amide bonds. The topological polar surface area (TPSA) is 68.5 Å². The minimum absolute atomic E-state index is 0.0298. The Bertz CT molecular complexity index is 697. The highest BCUT2D eigenvalue weighted by atomic mass is 32.2. The number of pyridine rings is 1. The fraction of sp³-hybridized carbons (Fsp3) is 0.333. The summed E-state index contributed by atoms with van der Waals surface area (Å²) in [7, 11) is -3.35. The van der Waals surface area contributed by atoms with E-state index >= 15 is 0 Å². The number of aryl methyl sites for hydroxylation is 1. The van der Waals surface area contributed by atoms with Gasteiger partial charge in [-0.3, -0.25) is 4.79 Å². The van der Waals surface area contributed by atoms with E-state index in [2.05, 4.69) is 5.10 Å². The Morgan fingerprint density at radius 2 is 2.12 bits per heavy atom. The molecule has 7 heteroatoms. The van der Waals surface area contributed by atoms with Gasteiger partial charge in [0.05, 0.1) is 0 Å². The van der Waals surface area contributed by atoms with E-state index in [4.69, 9.17) is 0 Å². The maximum absolute atomic E-state index is 11.6. The zero-order valence-corrected chi connectivity index (χ0v) is 10.4. The lowest BCUT2D eigenvalue weighted by atomic mass is 10.2. The number of fused-ring (bicyclic) bond motifs is 1. The van der Waals surface area contributed by atoms with Gasteiger partial charge >= 0.3 is 0 Å². The van der Waals surface area contributed by atoms with Gasteiger partial charge in [0.25, 0.3) is 5.56 Å². The molecule has 16 heavy (non-hydrogen) atoms. The maximum atomic E-state index is 11.6. The number of nitrogens with zero attached hydrogens (tertiary/aromatic N) is 2. The lowest BCUT2D eigenvalue weighted by Crippen LogP contribution is -2.13. The van der Waals surface area contributed by atoms with Crippen LogP contribution in [0, 0.1) is 0 Å². The van der Waals surface area contributed by atoms with Crippen molar-refractivity contribution in [3.8, 4) is 0 Å². The van der Waals surface area contributed by atoms with Crippen molar-refractivity contribution in [1.29, 1.82) is 0 Å². The van der Waals surface area contributed by atoms with Gasteiger partial charge in [-0.2, -0.15) is 4.52 Å². The Balaban J connectivity index is 2.81. The van der Waals surface area contributed by atoms with Crippen molar-refractivity contribution < 1.29 is 8.42 Å². The number of sulfone groups is 1. The molecule has 0 spiro atoms. The van der Waals surface area contributed by atoms with Crippen LogP contribution in [-0.4, -0.2) is 24.3 Å². The van der Waals surface area contributed by atoms with Gasteiger partial charge in [-0.15, -0.1) is 5.10 Å². The van der Waals surface area contributed by atoms with Crippen LogP contribution in [0.5, 0.6) is 0 Å². The number of aromatic nitrogens is 2. The Morgan fingerprint density at radius 1 is 1.44 bits per heavy atom. The second-order valence-corrected chi connectivity index (χ2v) is 6.64. The van der Waals surface area contributed by atoms with E-state index in [0.29, 0.717) is 4.83 Å². The third kappa shape index (κ3) is 1.88. The van der Waals surface area contributed by atoms with Crippen molar-refractivity contribution in [1.82, 2.24) is 9.61 Å². The Morgan fingerprint density at radius 3 is 2.69 bits per heavy atom. The fourth-order valence-electron chi connectivity index (χ4n) is 1.31. The predicted molar refractivity (Wildman–Crippen MR) is 61.8 cm³/mol. The quantitative estimate of drug-likeness (QED) is 0.796. The summed E-state index contributed by atoms with van der Waals surface area (Å²) in [6, 6.07) is 3.26. The van der Waals surface area contributed by atoms with E-state index in [-0.39, 0.29) is 9.90 Å². The average molecular weight is 258 g/mol. The van der Waals surface area contributed by atoms with Crippen molar-refractivity contribution in [2.24, 2.45) is 0 Å². The molecule has 0 saturated carbocycles. The molecular formula is C9H10N2O3S2. The standard InChI is InChI=1S/C9H10N2O3S2/c1-3-6-4-7(12)11-8(5-6)15-9(10-11)16(2,13)14/h4-5H,3H2,1-2H3. The highest BCUT2D eigenvalue weighted by molar-refractivity contribution is 7.92. The first-order valence-corrected chi connectivity index (χ1v) is 7.35. The summed E-state index contributed by atoms with van der Waals surface area (Å²) in [6.45, 7) is 1.93. The molecule has 0 N–H and O–H groups in total. The lowest BCUT2D eigenvalue weighted by Gasteiger charge is -1.94. The largest absolute Gasteiger partial charge is 0.272 e. The molecule has 2 aromatic heterocycles. The molecule has 0 bridgehead atoms. The van der Waals surface area contributed by atoms with E-state index in [9.17, 15) is 13.2 Å². The van der Waals surface area contributed by atoms with Crippen LogP contribution in [0.4, 0.5) is 0 Å². The fourth-order valence-corrected chi connectivity index (χ4v) is 3.13. The van der Waals surface area contributed by atoms with Gasteiger partial charge in [-0.1, -0.05) is 18.3 Å². The maximum Gasteiger partial charge on any atom is 0.272 e. The zero-order chi connectivity index (χ0) is 11.9. The van der Waals surface area contributed by atoms with E-state index in [1.54, 1.807) is 6.07 Å². The normalized spacial score (nSPS) is 12.1. The molecule has 2 rings (SSSR count). The summed E-state index contributed by atoms with van der Waals surface area (Å²) in [5.41, 5.74) is 0.592. The summed E-state index contributed by atoms with van der Waals surface area (Å²) in [4.78, 5) is 12.2. The van der Waals surface area contributed by atoms with Crippen molar-refractivity contribution in [2.75, 3.05) is 6.26 Å². The Hall–Kier alpha value is -1.21. The first-order chi connectivity index (χ1) is 7.41. The van der Waals surface area contributed by atoms with Crippen LogP contribution in [0.15, 0.2) is 21.3 Å². The predicted octanol–water partition coefficient (Wildman–Crippen LogP) is 0.722. The molecule has 86 valence electrons. The highest BCUT2D eigenvalue weighted by Crippen LogP contribution is 2.18. The molecule has 0 unspecified atom stereocenters. The summed E-state index contributed by atoms with van der Waals surface area (Å²) >= 11 is 1.01. The molecule has 0 aliphatic rings.